The molecule has 0 aromatic rings. The standard InChI is InChI=1S/C20H26O6/c1-9-10-4-5-11-18-8-26-20(25,19(11,14(9)22)15(10)23)16(24)13(18)17(2,3)7-6-12(18)21/h6-7,10-13,15-16,21,23-25H,1,4-5,8H2,2-3H3. The molecule has 0 amide bonds. The Labute approximate surface area is 152 Å². The van der Waals surface area contributed by atoms with E-state index in [-0.39, 0.29) is 6.61 Å². The maximum atomic E-state index is 13.3. The van der Waals surface area contributed by atoms with Gasteiger partial charge in [0, 0.05) is 17.3 Å². The van der Waals surface area contributed by atoms with Gasteiger partial charge >= 0.3 is 0 Å². The van der Waals surface area contributed by atoms with Crippen LogP contribution < -0.4 is 0 Å². The van der Waals surface area contributed by atoms with Crippen LogP contribution in [0.2, 0.25) is 0 Å². The number of hydrogen-bond acceptors (Lipinski definition) is 6. The Hall–Kier alpha value is -1.05. The summed E-state index contributed by atoms with van der Waals surface area (Å²) >= 11 is 0. The van der Waals surface area contributed by atoms with Crippen LogP contribution in [0.5, 0.6) is 0 Å². The van der Waals surface area contributed by atoms with Crippen molar-refractivity contribution in [3.05, 3.63) is 24.3 Å². The Balaban J connectivity index is 1.83. The van der Waals surface area contributed by atoms with Crippen molar-refractivity contribution < 1.29 is 30.0 Å². The summed E-state index contributed by atoms with van der Waals surface area (Å²) in [6, 6.07) is 0. The van der Waals surface area contributed by atoms with Crippen LogP contribution >= 0.6 is 0 Å². The third-order valence-electron chi connectivity index (χ3n) is 8.42. The molecule has 5 fully saturated rings. The SMILES string of the molecule is C=C1C(=O)C23C(O)C1CCC2C12COC3(O)C(O)C1C(C)(C)C=CC2O. The quantitative estimate of drug-likeness (QED) is 0.361. The molecule has 4 aliphatic carbocycles. The number of hydrogen-bond donors (Lipinski definition) is 4. The molecule has 142 valence electrons. The highest BCUT2D eigenvalue weighted by atomic mass is 16.6. The number of fused-ring (bicyclic) bond motifs is 2. The molecule has 0 radical (unpaired) electrons. The Morgan fingerprint density at radius 2 is 1.88 bits per heavy atom. The first-order valence-corrected chi connectivity index (χ1v) is 9.40. The number of carbonyl (C=O) groups excluding carboxylic acids is 1. The lowest BCUT2D eigenvalue weighted by Crippen LogP contribution is -2.85. The molecule has 3 saturated carbocycles. The van der Waals surface area contributed by atoms with E-state index < -0.39 is 63.9 Å². The van der Waals surface area contributed by atoms with Gasteiger partial charge in [-0.25, -0.2) is 0 Å². The van der Waals surface area contributed by atoms with Gasteiger partial charge in [-0.05, 0) is 29.7 Å². The molecule has 9 atom stereocenters. The average molecular weight is 362 g/mol. The topological polar surface area (TPSA) is 107 Å². The second-order valence-corrected chi connectivity index (χ2v) is 9.55. The van der Waals surface area contributed by atoms with E-state index in [1.165, 1.54) is 0 Å². The van der Waals surface area contributed by atoms with E-state index in [4.69, 9.17) is 4.74 Å². The summed E-state index contributed by atoms with van der Waals surface area (Å²) in [6.07, 6.45) is 1.24. The normalized spacial score (nSPS) is 59.3. The van der Waals surface area contributed by atoms with E-state index in [1.54, 1.807) is 6.08 Å². The molecule has 6 rings (SSSR count). The minimum atomic E-state index is -2.18. The summed E-state index contributed by atoms with van der Waals surface area (Å²) in [6.45, 7) is 7.83. The van der Waals surface area contributed by atoms with Crippen LogP contribution in [-0.2, 0) is 9.53 Å². The van der Waals surface area contributed by atoms with Gasteiger partial charge in [-0.15, -0.1) is 0 Å². The molecule has 2 aliphatic heterocycles. The van der Waals surface area contributed by atoms with Crippen LogP contribution in [0.3, 0.4) is 0 Å². The molecule has 6 heteroatoms. The molecule has 0 aromatic heterocycles. The summed E-state index contributed by atoms with van der Waals surface area (Å²) in [5, 5.41) is 45.0. The van der Waals surface area contributed by atoms with E-state index in [0.717, 1.165) is 0 Å². The largest absolute Gasteiger partial charge is 0.391 e. The highest BCUT2D eigenvalue weighted by Gasteiger charge is 2.86. The first-order chi connectivity index (χ1) is 12.1. The van der Waals surface area contributed by atoms with Crippen LogP contribution in [0.25, 0.3) is 0 Å². The molecule has 2 heterocycles. The highest BCUT2D eigenvalue weighted by molar-refractivity contribution is 6.05. The number of ether oxygens (including phenoxy) is 1. The van der Waals surface area contributed by atoms with Crippen molar-refractivity contribution in [2.45, 2.75) is 50.8 Å². The fourth-order valence-electron chi connectivity index (χ4n) is 7.47. The van der Waals surface area contributed by atoms with Gasteiger partial charge in [-0.2, -0.15) is 0 Å². The Kier molecular flexibility index (Phi) is 2.95. The number of allylic oxidation sites excluding steroid dienone is 1. The van der Waals surface area contributed by atoms with E-state index in [1.807, 2.05) is 19.9 Å². The Bertz CT molecular complexity index is 757. The summed E-state index contributed by atoms with van der Waals surface area (Å²) < 4.78 is 5.77. The molecule has 6 nitrogen and oxygen atoms in total. The minimum Gasteiger partial charge on any atom is -0.391 e. The van der Waals surface area contributed by atoms with Gasteiger partial charge in [0.05, 0.1) is 18.8 Å². The molecular formula is C20H26O6. The number of ketones is 1. The molecule has 2 saturated heterocycles. The summed E-state index contributed by atoms with van der Waals surface area (Å²) in [4.78, 5) is 13.3. The smallest absolute Gasteiger partial charge is 0.208 e. The molecule has 4 N–H and O–H groups in total. The third-order valence-corrected chi connectivity index (χ3v) is 8.42. The lowest BCUT2D eigenvalue weighted by molar-refractivity contribution is -0.450. The van der Waals surface area contributed by atoms with E-state index in [2.05, 4.69) is 6.58 Å². The Morgan fingerprint density at radius 3 is 2.58 bits per heavy atom. The zero-order valence-electron chi connectivity index (χ0n) is 15.1. The third kappa shape index (κ3) is 1.37. The van der Waals surface area contributed by atoms with Crippen molar-refractivity contribution in [2.75, 3.05) is 6.61 Å². The van der Waals surface area contributed by atoms with Crippen molar-refractivity contribution in [2.24, 2.45) is 34.0 Å². The van der Waals surface area contributed by atoms with E-state index in [0.29, 0.717) is 18.4 Å². The van der Waals surface area contributed by atoms with Crippen molar-refractivity contribution in [3.8, 4) is 0 Å². The molecule has 26 heavy (non-hydrogen) atoms. The van der Waals surface area contributed by atoms with E-state index in [9.17, 15) is 25.2 Å². The van der Waals surface area contributed by atoms with Crippen molar-refractivity contribution in [3.63, 3.8) is 0 Å². The van der Waals surface area contributed by atoms with Crippen LogP contribution in [0, 0.1) is 34.0 Å². The average Bonchev–Trinajstić information content (AvgIpc) is 2.69. The first-order valence-electron chi connectivity index (χ1n) is 9.40. The van der Waals surface area contributed by atoms with Gasteiger partial charge in [0.25, 0.3) is 0 Å². The fraction of sp³-hybridized carbons (Fsp3) is 0.750. The molecule has 6 aliphatic rings. The number of aliphatic hydroxyl groups is 4. The number of rotatable bonds is 0. The lowest BCUT2D eigenvalue weighted by atomic mass is 9.36. The predicted molar refractivity (Wildman–Crippen MR) is 90.6 cm³/mol. The highest BCUT2D eigenvalue weighted by Crippen LogP contribution is 2.75. The maximum Gasteiger partial charge on any atom is 0.208 e. The van der Waals surface area contributed by atoms with Gasteiger partial charge in [0.2, 0.25) is 5.79 Å². The molecule has 2 spiro atoms. The molecule has 0 aromatic carbocycles. The van der Waals surface area contributed by atoms with Gasteiger partial charge in [-0.1, -0.05) is 32.6 Å². The summed E-state index contributed by atoms with van der Waals surface area (Å²) in [5.41, 5.74) is -2.80. The molecular weight excluding hydrogens is 336 g/mol. The van der Waals surface area contributed by atoms with Crippen LogP contribution in [0.15, 0.2) is 24.3 Å². The fourth-order valence-corrected chi connectivity index (χ4v) is 7.47. The van der Waals surface area contributed by atoms with E-state index >= 15 is 0 Å². The van der Waals surface area contributed by atoms with Crippen molar-refractivity contribution >= 4 is 5.78 Å². The second-order valence-electron chi connectivity index (χ2n) is 9.55. The van der Waals surface area contributed by atoms with Crippen LogP contribution in [0.4, 0.5) is 0 Å². The first kappa shape index (κ1) is 17.1. The monoisotopic (exact) mass is 362 g/mol. The van der Waals surface area contributed by atoms with Crippen molar-refractivity contribution in [1.82, 2.24) is 0 Å². The second kappa shape index (κ2) is 4.50. The van der Waals surface area contributed by atoms with Gasteiger partial charge in [0.1, 0.15) is 11.5 Å². The maximum absolute atomic E-state index is 13.3. The summed E-state index contributed by atoms with van der Waals surface area (Å²) in [7, 11) is 0. The minimum absolute atomic E-state index is 0.0454. The van der Waals surface area contributed by atoms with Gasteiger partial charge < -0.3 is 25.2 Å². The van der Waals surface area contributed by atoms with Crippen LogP contribution in [-0.4, -0.2) is 56.9 Å². The lowest BCUT2D eigenvalue weighted by Gasteiger charge is -2.73. The zero-order valence-corrected chi connectivity index (χ0v) is 15.1. The summed E-state index contributed by atoms with van der Waals surface area (Å²) in [5.74, 6) is -4.01. The molecule has 9 unspecified atom stereocenters. The number of aliphatic hydroxyl groups excluding tert-OH is 3. The van der Waals surface area contributed by atoms with Crippen LogP contribution in [0.1, 0.15) is 26.7 Å². The Morgan fingerprint density at radius 1 is 1.19 bits per heavy atom. The number of carbonyl (C=O) groups is 1. The molecule has 4 bridgehead atoms. The van der Waals surface area contributed by atoms with Gasteiger partial charge in [0.15, 0.2) is 5.78 Å². The van der Waals surface area contributed by atoms with Gasteiger partial charge in [-0.3, -0.25) is 4.79 Å². The predicted octanol–water partition coefficient (Wildman–Crippen LogP) is 0.152. The van der Waals surface area contributed by atoms with Crippen molar-refractivity contribution in [1.29, 1.82) is 0 Å². The number of Topliss-reactive ketones (excluding diaryl/α,β-unsaturated/α-hetero) is 1. The zero-order chi connectivity index (χ0) is 18.9.